The molecule has 0 aliphatic rings. The maximum absolute atomic E-state index is 12.2. The Kier molecular flexibility index (Phi) is 5.23. The van der Waals surface area contributed by atoms with E-state index in [4.69, 9.17) is 21.1 Å². The zero-order chi connectivity index (χ0) is 18.7. The highest BCUT2D eigenvalue weighted by Gasteiger charge is 2.18. The molecule has 1 atom stereocenters. The molecule has 26 heavy (non-hydrogen) atoms. The van der Waals surface area contributed by atoms with Gasteiger partial charge in [-0.05, 0) is 49.7 Å². The smallest absolute Gasteiger partial charge is 0.347 e. The summed E-state index contributed by atoms with van der Waals surface area (Å²) in [6, 6.07) is 12.1. The summed E-state index contributed by atoms with van der Waals surface area (Å²) in [5, 5.41) is 1.08. The first kappa shape index (κ1) is 17.9. The molecule has 0 unspecified atom stereocenters. The standard InChI is InChI=1S/C19H17ClN2O4/c1-11-9-13(20)7-8-16(11)26-12(2)19(24)25-10-17-21-15-6-4-3-5-14(15)18(23)22-17/h3-9,12H,10H2,1-2H3,(H,21,22,23)/t12-/m0/s1. The van der Waals surface area contributed by atoms with E-state index in [0.29, 0.717) is 21.7 Å². The minimum atomic E-state index is -0.818. The third-order valence-corrected chi connectivity index (χ3v) is 4.02. The van der Waals surface area contributed by atoms with E-state index >= 15 is 0 Å². The van der Waals surface area contributed by atoms with Crippen LogP contribution in [0, 0.1) is 6.92 Å². The lowest BCUT2D eigenvalue weighted by Gasteiger charge is -2.15. The maximum atomic E-state index is 12.2. The van der Waals surface area contributed by atoms with Crippen molar-refractivity contribution in [1.82, 2.24) is 9.97 Å². The third kappa shape index (κ3) is 4.03. The van der Waals surface area contributed by atoms with Crippen LogP contribution in [0.15, 0.2) is 47.3 Å². The molecule has 7 heteroatoms. The number of ether oxygens (including phenoxy) is 2. The number of H-pyrrole nitrogens is 1. The highest BCUT2D eigenvalue weighted by Crippen LogP contribution is 2.23. The zero-order valence-corrected chi connectivity index (χ0v) is 15.0. The first-order valence-electron chi connectivity index (χ1n) is 8.01. The van der Waals surface area contributed by atoms with Crippen LogP contribution >= 0.6 is 11.6 Å². The van der Waals surface area contributed by atoms with Crippen molar-refractivity contribution < 1.29 is 14.3 Å². The van der Waals surface area contributed by atoms with Gasteiger partial charge in [0.25, 0.3) is 5.56 Å². The van der Waals surface area contributed by atoms with Crippen molar-refractivity contribution in [3.05, 3.63) is 69.2 Å². The Morgan fingerprint density at radius 3 is 2.81 bits per heavy atom. The predicted octanol–water partition coefficient (Wildman–Crippen LogP) is 3.40. The van der Waals surface area contributed by atoms with Crippen LogP contribution in [0.2, 0.25) is 5.02 Å². The number of carbonyl (C=O) groups is 1. The van der Waals surface area contributed by atoms with Gasteiger partial charge in [-0.2, -0.15) is 0 Å². The van der Waals surface area contributed by atoms with Gasteiger partial charge in [-0.1, -0.05) is 23.7 Å². The molecule has 3 aromatic rings. The second-order valence-corrected chi connectivity index (χ2v) is 6.24. The molecule has 0 aliphatic heterocycles. The monoisotopic (exact) mass is 372 g/mol. The number of carbonyl (C=O) groups excluding carboxylic acids is 1. The molecular formula is C19H17ClN2O4. The van der Waals surface area contributed by atoms with E-state index in [1.807, 2.05) is 6.92 Å². The van der Waals surface area contributed by atoms with Crippen LogP contribution in [0.1, 0.15) is 18.3 Å². The number of hydrogen-bond acceptors (Lipinski definition) is 5. The minimum Gasteiger partial charge on any atom is -0.479 e. The molecule has 6 nitrogen and oxygen atoms in total. The Morgan fingerprint density at radius 1 is 1.27 bits per heavy atom. The number of aryl methyl sites for hydroxylation is 1. The first-order chi connectivity index (χ1) is 12.4. The van der Waals surface area contributed by atoms with Crippen molar-refractivity contribution in [1.29, 1.82) is 0 Å². The van der Waals surface area contributed by atoms with Crippen molar-refractivity contribution in [2.45, 2.75) is 26.6 Å². The molecule has 0 fully saturated rings. The average molecular weight is 373 g/mol. The quantitative estimate of drug-likeness (QED) is 0.694. The normalized spacial score (nSPS) is 12.0. The number of fused-ring (bicyclic) bond motifs is 1. The number of benzene rings is 2. The summed E-state index contributed by atoms with van der Waals surface area (Å²) in [7, 11) is 0. The number of rotatable bonds is 5. The van der Waals surface area contributed by atoms with Crippen molar-refractivity contribution in [3.8, 4) is 5.75 Å². The van der Waals surface area contributed by atoms with Gasteiger partial charge in [0.2, 0.25) is 0 Å². The van der Waals surface area contributed by atoms with E-state index in [2.05, 4.69) is 9.97 Å². The van der Waals surface area contributed by atoms with Gasteiger partial charge in [-0.25, -0.2) is 9.78 Å². The van der Waals surface area contributed by atoms with Gasteiger partial charge < -0.3 is 14.5 Å². The van der Waals surface area contributed by atoms with Gasteiger partial charge in [0.1, 0.15) is 18.2 Å². The second-order valence-electron chi connectivity index (χ2n) is 5.81. The molecule has 0 amide bonds. The number of para-hydroxylation sites is 1. The highest BCUT2D eigenvalue weighted by atomic mass is 35.5. The van der Waals surface area contributed by atoms with Gasteiger partial charge in [0.05, 0.1) is 10.9 Å². The van der Waals surface area contributed by atoms with Gasteiger partial charge in [0.15, 0.2) is 6.10 Å². The third-order valence-electron chi connectivity index (χ3n) is 3.79. The lowest BCUT2D eigenvalue weighted by Crippen LogP contribution is -2.27. The molecule has 2 aromatic carbocycles. The Labute approximate surface area is 154 Å². The van der Waals surface area contributed by atoms with Gasteiger partial charge >= 0.3 is 5.97 Å². The maximum Gasteiger partial charge on any atom is 0.347 e. The van der Waals surface area contributed by atoms with Crippen LogP contribution in [0.5, 0.6) is 5.75 Å². The molecule has 0 radical (unpaired) electrons. The topological polar surface area (TPSA) is 81.3 Å². The molecule has 1 heterocycles. The Bertz CT molecular complexity index is 1020. The minimum absolute atomic E-state index is 0.147. The number of esters is 1. The lowest BCUT2D eigenvalue weighted by molar-refractivity contribution is -0.152. The Hall–Kier alpha value is -2.86. The lowest BCUT2D eigenvalue weighted by atomic mass is 10.2. The molecule has 1 N–H and O–H groups in total. The molecule has 3 rings (SSSR count). The van der Waals surface area contributed by atoms with Crippen molar-refractivity contribution in [3.63, 3.8) is 0 Å². The molecule has 0 bridgehead atoms. The zero-order valence-electron chi connectivity index (χ0n) is 14.3. The Morgan fingerprint density at radius 2 is 2.04 bits per heavy atom. The molecule has 0 saturated heterocycles. The number of halogens is 1. The second kappa shape index (κ2) is 7.58. The van der Waals surface area contributed by atoms with Crippen LogP contribution in [0.3, 0.4) is 0 Å². The number of nitrogens with one attached hydrogen (secondary N) is 1. The largest absolute Gasteiger partial charge is 0.479 e. The highest BCUT2D eigenvalue weighted by molar-refractivity contribution is 6.30. The van der Waals surface area contributed by atoms with Gasteiger partial charge in [0, 0.05) is 5.02 Å². The molecule has 0 saturated carbocycles. The molecule has 134 valence electrons. The summed E-state index contributed by atoms with van der Waals surface area (Å²) in [5.41, 5.74) is 1.09. The Balaban J connectivity index is 1.65. The van der Waals surface area contributed by atoms with E-state index in [9.17, 15) is 9.59 Å². The van der Waals surface area contributed by atoms with Crippen LogP contribution in [-0.2, 0) is 16.1 Å². The summed E-state index contributed by atoms with van der Waals surface area (Å²) in [4.78, 5) is 31.1. The van der Waals surface area contributed by atoms with Gasteiger partial charge in [-0.3, -0.25) is 4.79 Å². The molecular weight excluding hydrogens is 356 g/mol. The SMILES string of the molecule is Cc1cc(Cl)ccc1O[C@@H](C)C(=O)OCc1nc2ccccc2c(=O)[nH]1. The van der Waals surface area contributed by atoms with Crippen LogP contribution in [-0.4, -0.2) is 22.0 Å². The van der Waals surface area contributed by atoms with E-state index < -0.39 is 12.1 Å². The van der Waals surface area contributed by atoms with E-state index in [1.54, 1.807) is 49.4 Å². The van der Waals surface area contributed by atoms with Crippen molar-refractivity contribution in [2.24, 2.45) is 0 Å². The number of nitrogens with zero attached hydrogens (tertiary/aromatic N) is 1. The summed E-state index contributed by atoms with van der Waals surface area (Å²) in [5.74, 6) is 0.267. The fourth-order valence-corrected chi connectivity index (χ4v) is 2.67. The van der Waals surface area contributed by atoms with Gasteiger partial charge in [-0.15, -0.1) is 0 Å². The predicted molar refractivity (Wildman–Crippen MR) is 98.4 cm³/mol. The van der Waals surface area contributed by atoms with Crippen LogP contribution < -0.4 is 10.3 Å². The fourth-order valence-electron chi connectivity index (χ4n) is 2.44. The number of hydrogen-bond donors (Lipinski definition) is 1. The van der Waals surface area contributed by atoms with E-state index in [1.165, 1.54) is 0 Å². The van der Waals surface area contributed by atoms with Crippen LogP contribution in [0.4, 0.5) is 0 Å². The van der Waals surface area contributed by atoms with Crippen molar-refractivity contribution >= 4 is 28.5 Å². The number of aromatic amines is 1. The summed E-state index contributed by atoms with van der Waals surface area (Å²) in [6.45, 7) is 3.28. The fraction of sp³-hybridized carbons (Fsp3) is 0.211. The average Bonchev–Trinajstić information content (AvgIpc) is 2.62. The first-order valence-corrected chi connectivity index (χ1v) is 8.39. The van der Waals surface area contributed by atoms with E-state index in [0.717, 1.165) is 5.56 Å². The molecule has 0 spiro atoms. The molecule has 1 aromatic heterocycles. The summed E-state index contributed by atoms with van der Waals surface area (Å²) >= 11 is 5.90. The summed E-state index contributed by atoms with van der Waals surface area (Å²) < 4.78 is 10.8. The number of aromatic nitrogens is 2. The van der Waals surface area contributed by atoms with Crippen LogP contribution in [0.25, 0.3) is 10.9 Å². The van der Waals surface area contributed by atoms with E-state index in [-0.39, 0.29) is 18.0 Å². The van der Waals surface area contributed by atoms with Crippen molar-refractivity contribution in [2.75, 3.05) is 0 Å². The summed E-state index contributed by atoms with van der Waals surface area (Å²) in [6.07, 6.45) is -0.818. The molecule has 0 aliphatic carbocycles.